The van der Waals surface area contributed by atoms with E-state index in [1.54, 1.807) is 12.1 Å². The molecular formula is C24H22Br2ClN3O5. The van der Waals surface area contributed by atoms with Crippen LogP contribution in [0.3, 0.4) is 0 Å². The zero-order chi connectivity index (χ0) is 25.1. The van der Waals surface area contributed by atoms with Crippen molar-refractivity contribution >= 4 is 66.5 Å². The first-order valence-corrected chi connectivity index (χ1v) is 12.9. The Hall–Kier alpha value is -2.43. The molecule has 0 amide bonds. The van der Waals surface area contributed by atoms with Gasteiger partial charge in [0.15, 0.2) is 18.1 Å². The zero-order valence-corrected chi connectivity index (χ0v) is 22.7. The molecule has 35 heavy (non-hydrogen) atoms. The number of carbonyl (C=O) groups is 1. The Morgan fingerprint density at radius 2 is 2.03 bits per heavy atom. The van der Waals surface area contributed by atoms with Crippen molar-refractivity contribution in [2.75, 3.05) is 13.7 Å². The SMILES string of the molecule is COc1cc(C=Nn2c(C3CCCCC3)nc3ccc(Br)cc3c2=O)c(Br)c(Cl)c1OCC(=O)O. The number of fused-ring (bicyclic) bond motifs is 1. The lowest BCUT2D eigenvalue weighted by Gasteiger charge is -2.22. The molecule has 0 bridgehead atoms. The van der Waals surface area contributed by atoms with Crippen LogP contribution in [0, 0.1) is 0 Å². The standard InChI is InChI=1S/C24H22Br2ClN3O5/c1-34-18-9-14(20(26)21(27)22(18)35-12-19(31)32)11-28-30-23(13-5-3-2-4-6-13)29-17-8-7-15(25)10-16(17)24(30)33/h7-11,13H,2-6,12H2,1H3,(H,31,32). The Morgan fingerprint density at radius 1 is 1.29 bits per heavy atom. The van der Waals surface area contributed by atoms with Crippen molar-refractivity contribution in [1.82, 2.24) is 9.66 Å². The average molecular weight is 628 g/mol. The van der Waals surface area contributed by atoms with Gasteiger partial charge < -0.3 is 14.6 Å². The molecule has 0 spiro atoms. The lowest BCUT2D eigenvalue weighted by Crippen LogP contribution is -2.25. The van der Waals surface area contributed by atoms with Crippen LogP contribution in [0.1, 0.15) is 49.4 Å². The van der Waals surface area contributed by atoms with Gasteiger partial charge in [-0.25, -0.2) is 9.78 Å². The Kier molecular flexibility index (Phi) is 8.13. The minimum atomic E-state index is -1.14. The minimum absolute atomic E-state index is 0.0953. The minimum Gasteiger partial charge on any atom is -0.493 e. The van der Waals surface area contributed by atoms with Gasteiger partial charge in [-0.3, -0.25) is 4.79 Å². The summed E-state index contributed by atoms with van der Waals surface area (Å²) >= 11 is 13.3. The Labute approximate surface area is 223 Å². The quantitative estimate of drug-likeness (QED) is 0.324. The van der Waals surface area contributed by atoms with E-state index in [1.807, 2.05) is 12.1 Å². The van der Waals surface area contributed by atoms with Gasteiger partial charge in [0.05, 0.1) is 24.2 Å². The van der Waals surface area contributed by atoms with Crippen LogP contribution in [-0.4, -0.2) is 40.7 Å². The number of halogens is 3. The van der Waals surface area contributed by atoms with Crippen LogP contribution in [-0.2, 0) is 4.79 Å². The maximum Gasteiger partial charge on any atom is 0.341 e. The van der Waals surface area contributed by atoms with Gasteiger partial charge in [-0.1, -0.05) is 46.8 Å². The van der Waals surface area contributed by atoms with Crippen molar-refractivity contribution in [3.05, 3.63) is 60.0 Å². The topological polar surface area (TPSA) is 103 Å². The molecule has 184 valence electrons. The molecule has 2 aromatic carbocycles. The van der Waals surface area contributed by atoms with Gasteiger partial charge in [-0.05, 0) is 53.0 Å². The van der Waals surface area contributed by atoms with Crippen molar-refractivity contribution in [2.45, 2.75) is 38.0 Å². The second kappa shape index (κ2) is 11.1. The Morgan fingerprint density at radius 3 is 2.71 bits per heavy atom. The fraction of sp³-hybridized carbons (Fsp3) is 0.333. The second-order valence-corrected chi connectivity index (χ2v) is 10.2. The van der Waals surface area contributed by atoms with Crippen LogP contribution in [0.15, 0.2) is 43.1 Å². The van der Waals surface area contributed by atoms with Crippen LogP contribution in [0.2, 0.25) is 5.02 Å². The van der Waals surface area contributed by atoms with Gasteiger partial charge in [-0.2, -0.15) is 9.78 Å². The van der Waals surface area contributed by atoms with E-state index >= 15 is 0 Å². The van der Waals surface area contributed by atoms with Crippen molar-refractivity contribution in [2.24, 2.45) is 5.10 Å². The predicted octanol–water partition coefficient (Wildman–Crippen LogP) is 5.98. The van der Waals surface area contributed by atoms with Gasteiger partial charge in [0.1, 0.15) is 10.8 Å². The monoisotopic (exact) mass is 625 g/mol. The van der Waals surface area contributed by atoms with E-state index in [0.29, 0.717) is 26.8 Å². The molecule has 1 aliphatic rings. The molecule has 0 atom stereocenters. The molecule has 1 heterocycles. The van der Waals surface area contributed by atoms with Crippen molar-refractivity contribution in [3.8, 4) is 11.5 Å². The van der Waals surface area contributed by atoms with E-state index in [1.165, 1.54) is 24.4 Å². The number of rotatable bonds is 7. The second-order valence-electron chi connectivity index (χ2n) is 8.14. The average Bonchev–Trinajstić information content (AvgIpc) is 2.85. The van der Waals surface area contributed by atoms with Crippen molar-refractivity contribution in [3.63, 3.8) is 0 Å². The molecule has 1 fully saturated rings. The molecule has 8 nitrogen and oxygen atoms in total. The lowest BCUT2D eigenvalue weighted by atomic mass is 9.88. The van der Waals surface area contributed by atoms with Gasteiger partial charge >= 0.3 is 5.97 Å². The first-order valence-electron chi connectivity index (χ1n) is 11.0. The van der Waals surface area contributed by atoms with Crippen LogP contribution in [0.4, 0.5) is 0 Å². The molecule has 0 aliphatic heterocycles. The lowest BCUT2D eigenvalue weighted by molar-refractivity contribution is -0.139. The molecule has 1 aromatic heterocycles. The first kappa shape index (κ1) is 25.7. The van der Waals surface area contributed by atoms with Gasteiger partial charge in [-0.15, -0.1) is 0 Å². The third kappa shape index (κ3) is 5.54. The molecular weight excluding hydrogens is 606 g/mol. The van der Waals surface area contributed by atoms with Gasteiger partial charge in [0.25, 0.3) is 5.56 Å². The molecule has 4 rings (SSSR count). The third-order valence-corrected chi connectivity index (χ3v) is 7.77. The number of nitrogens with zero attached hydrogens (tertiary/aromatic N) is 3. The van der Waals surface area contributed by atoms with E-state index in [4.69, 9.17) is 31.2 Å². The third-order valence-electron chi connectivity index (χ3n) is 5.83. The summed E-state index contributed by atoms with van der Waals surface area (Å²) in [6, 6.07) is 7.05. The summed E-state index contributed by atoms with van der Waals surface area (Å²) in [5.41, 5.74) is 0.894. The highest BCUT2D eigenvalue weighted by Crippen LogP contribution is 2.42. The summed E-state index contributed by atoms with van der Waals surface area (Å²) in [4.78, 5) is 29.2. The summed E-state index contributed by atoms with van der Waals surface area (Å²) in [5, 5.41) is 14.1. The number of hydrogen-bond acceptors (Lipinski definition) is 6. The molecule has 0 radical (unpaired) electrons. The number of carboxylic acids is 1. The number of hydrogen-bond donors (Lipinski definition) is 1. The zero-order valence-electron chi connectivity index (χ0n) is 18.8. The molecule has 3 aromatic rings. The number of carboxylic acid groups (broad SMARTS) is 1. The number of ether oxygens (including phenoxy) is 2. The maximum atomic E-state index is 13.5. The molecule has 0 unspecified atom stereocenters. The summed E-state index contributed by atoms with van der Waals surface area (Å²) < 4.78 is 13.2. The van der Waals surface area contributed by atoms with Crippen LogP contribution in [0.5, 0.6) is 11.5 Å². The maximum absolute atomic E-state index is 13.5. The van der Waals surface area contributed by atoms with Crippen LogP contribution >= 0.6 is 43.5 Å². The summed E-state index contributed by atoms with van der Waals surface area (Å²) in [5.74, 6) is -0.0412. The summed E-state index contributed by atoms with van der Waals surface area (Å²) in [6.45, 7) is -0.575. The summed E-state index contributed by atoms with van der Waals surface area (Å²) in [6.07, 6.45) is 6.73. The van der Waals surface area contributed by atoms with E-state index in [2.05, 4.69) is 37.0 Å². The number of benzene rings is 2. The fourth-order valence-electron chi connectivity index (χ4n) is 4.14. The normalized spacial score (nSPS) is 14.5. The number of aliphatic carboxylic acids is 1. The first-order chi connectivity index (χ1) is 16.8. The Bertz CT molecular complexity index is 1370. The van der Waals surface area contributed by atoms with E-state index in [9.17, 15) is 9.59 Å². The smallest absolute Gasteiger partial charge is 0.341 e. The van der Waals surface area contributed by atoms with Gasteiger partial charge in [0, 0.05) is 20.4 Å². The van der Waals surface area contributed by atoms with Crippen LogP contribution in [0.25, 0.3) is 10.9 Å². The van der Waals surface area contributed by atoms with E-state index in [0.717, 1.165) is 30.2 Å². The van der Waals surface area contributed by atoms with Crippen molar-refractivity contribution in [1.29, 1.82) is 0 Å². The van der Waals surface area contributed by atoms with Gasteiger partial charge in [0.2, 0.25) is 0 Å². The molecule has 11 heteroatoms. The van der Waals surface area contributed by atoms with Crippen molar-refractivity contribution < 1.29 is 19.4 Å². The van der Waals surface area contributed by atoms with Crippen LogP contribution < -0.4 is 15.0 Å². The molecule has 0 saturated heterocycles. The molecule has 1 saturated carbocycles. The largest absolute Gasteiger partial charge is 0.493 e. The number of methoxy groups -OCH3 is 1. The van der Waals surface area contributed by atoms with E-state index in [-0.39, 0.29) is 28.0 Å². The highest BCUT2D eigenvalue weighted by Gasteiger charge is 2.23. The fourth-order valence-corrected chi connectivity index (χ4v) is 5.16. The molecule has 1 N–H and O–H groups in total. The predicted molar refractivity (Wildman–Crippen MR) is 141 cm³/mol. The number of aromatic nitrogens is 2. The highest BCUT2D eigenvalue weighted by atomic mass is 79.9. The highest BCUT2D eigenvalue weighted by molar-refractivity contribution is 9.10. The van der Waals surface area contributed by atoms with E-state index < -0.39 is 12.6 Å². The Balaban J connectivity index is 1.82. The molecule has 1 aliphatic carbocycles. The summed E-state index contributed by atoms with van der Waals surface area (Å²) in [7, 11) is 1.42.